The van der Waals surface area contributed by atoms with Gasteiger partial charge in [0.15, 0.2) is 0 Å². The molecule has 26 heavy (non-hydrogen) atoms. The molecule has 3 rings (SSSR count). The van der Waals surface area contributed by atoms with Crippen LogP contribution in [0.15, 0.2) is 64.2 Å². The van der Waals surface area contributed by atoms with Crippen LogP contribution in [0.3, 0.4) is 0 Å². The van der Waals surface area contributed by atoms with Gasteiger partial charge in [-0.25, -0.2) is 0 Å². The molecule has 3 aromatic rings. The van der Waals surface area contributed by atoms with E-state index in [-0.39, 0.29) is 5.54 Å². The van der Waals surface area contributed by atoms with Crippen molar-refractivity contribution < 1.29 is 0 Å². The van der Waals surface area contributed by atoms with Crippen LogP contribution in [0, 0.1) is 11.8 Å². The van der Waals surface area contributed by atoms with Crippen LogP contribution in [-0.4, -0.2) is 16.3 Å². The molecule has 0 aliphatic carbocycles. The Hall–Kier alpha value is -2.31. The fourth-order valence-electron chi connectivity index (χ4n) is 2.75. The zero-order valence-corrected chi connectivity index (χ0v) is 17.0. The van der Waals surface area contributed by atoms with Crippen molar-refractivity contribution in [3.8, 4) is 11.8 Å². The summed E-state index contributed by atoms with van der Waals surface area (Å²) in [6.07, 6.45) is 2.78. The first-order chi connectivity index (χ1) is 12.5. The first-order valence-corrected chi connectivity index (χ1v) is 9.61. The average Bonchev–Trinajstić information content (AvgIpc) is 2.89. The molecule has 0 N–H and O–H groups in total. The summed E-state index contributed by atoms with van der Waals surface area (Å²) in [7, 11) is 0. The van der Waals surface area contributed by atoms with E-state index in [0.717, 1.165) is 28.7 Å². The number of aromatic nitrogens is 1. The van der Waals surface area contributed by atoms with Gasteiger partial charge in [0.05, 0.1) is 10.1 Å². The molecule has 132 valence electrons. The molecule has 3 heteroatoms. The molecule has 1 heterocycles. The van der Waals surface area contributed by atoms with Crippen molar-refractivity contribution in [3.05, 3.63) is 70.3 Å². The van der Waals surface area contributed by atoms with Gasteiger partial charge in [-0.05, 0) is 54.9 Å². The SMILES string of the molecule is CC(C)(C)N=Cc1c(Br)n(CCC#Cc2ccccc2)c2ccccc12. The van der Waals surface area contributed by atoms with E-state index in [9.17, 15) is 0 Å². The molecule has 0 aliphatic rings. The smallest absolute Gasteiger partial charge is 0.0946 e. The Morgan fingerprint density at radius 1 is 1.04 bits per heavy atom. The van der Waals surface area contributed by atoms with E-state index < -0.39 is 0 Å². The van der Waals surface area contributed by atoms with Gasteiger partial charge in [0.25, 0.3) is 0 Å². The summed E-state index contributed by atoms with van der Waals surface area (Å²) in [6.45, 7) is 7.16. The monoisotopic (exact) mass is 406 g/mol. The Kier molecular flexibility index (Phi) is 5.64. The molecule has 0 spiro atoms. The van der Waals surface area contributed by atoms with Gasteiger partial charge in [-0.1, -0.05) is 48.2 Å². The third-order valence-corrected chi connectivity index (χ3v) is 4.85. The lowest BCUT2D eigenvalue weighted by molar-refractivity contribution is 0.586. The van der Waals surface area contributed by atoms with Crippen molar-refractivity contribution in [3.63, 3.8) is 0 Å². The van der Waals surface area contributed by atoms with Crippen molar-refractivity contribution in [1.82, 2.24) is 4.57 Å². The van der Waals surface area contributed by atoms with E-state index in [1.165, 1.54) is 10.9 Å². The van der Waals surface area contributed by atoms with Crippen LogP contribution in [0.1, 0.15) is 38.3 Å². The van der Waals surface area contributed by atoms with Gasteiger partial charge in [-0.2, -0.15) is 0 Å². The first kappa shape index (κ1) is 18.5. The van der Waals surface area contributed by atoms with Gasteiger partial charge in [-0.3, -0.25) is 4.99 Å². The molecule has 2 nitrogen and oxygen atoms in total. The third-order valence-electron chi connectivity index (χ3n) is 3.99. The predicted octanol–water partition coefficient (Wildman–Crippen LogP) is 6.06. The van der Waals surface area contributed by atoms with Crippen molar-refractivity contribution in [2.45, 2.75) is 39.3 Å². The van der Waals surface area contributed by atoms with Crippen LogP contribution in [0.25, 0.3) is 10.9 Å². The lowest BCUT2D eigenvalue weighted by atomic mass is 10.1. The van der Waals surface area contributed by atoms with Gasteiger partial charge in [0, 0.05) is 41.2 Å². The molecule has 0 fully saturated rings. The minimum absolute atomic E-state index is 0.0934. The highest BCUT2D eigenvalue weighted by molar-refractivity contribution is 9.10. The molecular weight excluding hydrogens is 384 g/mol. The van der Waals surface area contributed by atoms with Gasteiger partial charge in [-0.15, -0.1) is 0 Å². The summed E-state index contributed by atoms with van der Waals surface area (Å²) >= 11 is 3.78. The summed E-state index contributed by atoms with van der Waals surface area (Å²) in [5, 5.41) is 1.21. The largest absolute Gasteiger partial charge is 0.334 e. The fourth-order valence-corrected chi connectivity index (χ4v) is 3.44. The van der Waals surface area contributed by atoms with Crippen LogP contribution in [-0.2, 0) is 6.54 Å². The van der Waals surface area contributed by atoms with Crippen molar-refractivity contribution >= 4 is 33.0 Å². The summed E-state index contributed by atoms with van der Waals surface area (Å²) in [5.74, 6) is 6.51. The van der Waals surface area contributed by atoms with Crippen molar-refractivity contribution in [2.24, 2.45) is 4.99 Å². The Morgan fingerprint density at radius 3 is 2.46 bits per heavy atom. The van der Waals surface area contributed by atoms with Crippen LogP contribution < -0.4 is 0 Å². The van der Waals surface area contributed by atoms with E-state index in [4.69, 9.17) is 4.99 Å². The summed E-state index contributed by atoms with van der Waals surface area (Å²) in [4.78, 5) is 4.69. The minimum Gasteiger partial charge on any atom is -0.334 e. The fraction of sp³-hybridized carbons (Fsp3) is 0.261. The number of benzene rings is 2. The second kappa shape index (κ2) is 7.93. The molecule has 1 aromatic heterocycles. The van der Waals surface area contributed by atoms with E-state index in [1.807, 2.05) is 36.5 Å². The molecule has 0 bridgehead atoms. The predicted molar refractivity (Wildman–Crippen MR) is 115 cm³/mol. The molecule has 0 atom stereocenters. The molecule has 0 saturated heterocycles. The molecular formula is C23H23BrN2. The van der Waals surface area contributed by atoms with Gasteiger partial charge in [0.1, 0.15) is 0 Å². The zero-order chi connectivity index (χ0) is 18.6. The van der Waals surface area contributed by atoms with Crippen molar-refractivity contribution in [1.29, 1.82) is 0 Å². The van der Waals surface area contributed by atoms with Gasteiger partial charge < -0.3 is 4.57 Å². The lowest BCUT2D eigenvalue weighted by Gasteiger charge is -2.10. The molecule has 0 aliphatic heterocycles. The maximum atomic E-state index is 4.69. The number of para-hydroxylation sites is 1. The number of aliphatic imine (C=N–C) groups is 1. The van der Waals surface area contributed by atoms with E-state index in [0.29, 0.717) is 0 Å². The highest BCUT2D eigenvalue weighted by Crippen LogP contribution is 2.29. The Bertz CT molecular complexity index is 980. The number of hydrogen-bond donors (Lipinski definition) is 0. The highest BCUT2D eigenvalue weighted by Gasteiger charge is 2.14. The van der Waals surface area contributed by atoms with Gasteiger partial charge in [0.2, 0.25) is 0 Å². The lowest BCUT2D eigenvalue weighted by Crippen LogP contribution is -2.09. The van der Waals surface area contributed by atoms with E-state index >= 15 is 0 Å². The summed E-state index contributed by atoms with van der Waals surface area (Å²) in [5.41, 5.74) is 3.30. The topological polar surface area (TPSA) is 17.3 Å². The van der Waals surface area contributed by atoms with Crippen LogP contribution >= 0.6 is 15.9 Å². The number of aryl methyl sites for hydroxylation is 1. The van der Waals surface area contributed by atoms with Crippen LogP contribution in [0.2, 0.25) is 0 Å². The molecule has 0 radical (unpaired) electrons. The van der Waals surface area contributed by atoms with Crippen LogP contribution in [0.5, 0.6) is 0 Å². The maximum absolute atomic E-state index is 4.69. The number of rotatable bonds is 3. The number of hydrogen-bond acceptors (Lipinski definition) is 1. The Labute approximate surface area is 164 Å². The van der Waals surface area contributed by atoms with Gasteiger partial charge >= 0.3 is 0 Å². The first-order valence-electron chi connectivity index (χ1n) is 8.81. The second-order valence-electron chi connectivity index (χ2n) is 7.22. The number of nitrogens with zero attached hydrogens (tertiary/aromatic N) is 2. The van der Waals surface area contributed by atoms with Crippen LogP contribution in [0.4, 0.5) is 0 Å². The molecule has 2 aromatic carbocycles. The third kappa shape index (κ3) is 4.45. The standard InChI is InChI=1S/C23H23BrN2/c1-23(2,3)25-17-20-19-14-7-8-15-21(19)26(22(20)24)16-10-9-13-18-11-5-4-6-12-18/h4-8,11-12,14-15,17H,10,16H2,1-3H3. The average molecular weight is 407 g/mol. The molecule has 0 amide bonds. The van der Waals surface area contributed by atoms with E-state index in [1.54, 1.807) is 0 Å². The van der Waals surface area contributed by atoms with Crippen molar-refractivity contribution in [2.75, 3.05) is 0 Å². The zero-order valence-electron chi connectivity index (χ0n) is 15.5. The maximum Gasteiger partial charge on any atom is 0.0946 e. The molecule has 0 saturated carbocycles. The second-order valence-corrected chi connectivity index (χ2v) is 7.97. The molecule has 0 unspecified atom stereocenters. The normalized spacial score (nSPS) is 11.7. The van der Waals surface area contributed by atoms with E-state index in [2.05, 4.69) is 77.4 Å². The number of fused-ring (bicyclic) bond motifs is 1. The Morgan fingerprint density at radius 2 is 1.73 bits per heavy atom. The summed E-state index contributed by atoms with van der Waals surface area (Å²) < 4.78 is 3.34. The highest BCUT2D eigenvalue weighted by atomic mass is 79.9. The Balaban J connectivity index is 1.88. The number of halogens is 1. The minimum atomic E-state index is -0.0934. The summed E-state index contributed by atoms with van der Waals surface area (Å²) in [6, 6.07) is 18.6. The quantitative estimate of drug-likeness (QED) is 0.371.